The SMILES string of the molecule is CCC(CC)NC(=O)c1ccc(O)cc1F. The molecule has 0 heterocycles. The lowest BCUT2D eigenvalue weighted by Crippen LogP contribution is -2.34. The zero-order valence-electron chi connectivity index (χ0n) is 9.46. The van der Waals surface area contributed by atoms with Gasteiger partial charge in [-0.3, -0.25) is 4.79 Å². The molecule has 0 atom stereocenters. The second-order valence-electron chi connectivity index (χ2n) is 3.65. The smallest absolute Gasteiger partial charge is 0.254 e. The van der Waals surface area contributed by atoms with Crippen molar-refractivity contribution in [2.75, 3.05) is 0 Å². The van der Waals surface area contributed by atoms with E-state index in [1.165, 1.54) is 12.1 Å². The molecule has 3 nitrogen and oxygen atoms in total. The van der Waals surface area contributed by atoms with Gasteiger partial charge in [0.1, 0.15) is 11.6 Å². The first-order valence-electron chi connectivity index (χ1n) is 5.37. The van der Waals surface area contributed by atoms with E-state index in [0.717, 1.165) is 18.9 Å². The predicted octanol–water partition coefficient (Wildman–Crippen LogP) is 2.45. The fourth-order valence-corrected chi connectivity index (χ4v) is 1.44. The van der Waals surface area contributed by atoms with Gasteiger partial charge in [-0.2, -0.15) is 0 Å². The molecule has 2 N–H and O–H groups in total. The molecule has 0 spiro atoms. The molecule has 0 saturated carbocycles. The molecule has 0 saturated heterocycles. The summed E-state index contributed by atoms with van der Waals surface area (Å²) in [4.78, 5) is 11.7. The number of hydrogen-bond acceptors (Lipinski definition) is 2. The summed E-state index contributed by atoms with van der Waals surface area (Å²) in [5.74, 6) is -1.33. The summed E-state index contributed by atoms with van der Waals surface area (Å²) >= 11 is 0. The van der Waals surface area contributed by atoms with Gasteiger partial charge in [0, 0.05) is 12.1 Å². The van der Waals surface area contributed by atoms with Gasteiger partial charge in [-0.05, 0) is 25.0 Å². The molecule has 1 amide bonds. The number of hydrogen-bond donors (Lipinski definition) is 2. The highest BCUT2D eigenvalue weighted by atomic mass is 19.1. The van der Waals surface area contributed by atoms with Crippen LogP contribution in [-0.2, 0) is 0 Å². The predicted molar refractivity (Wildman–Crippen MR) is 59.9 cm³/mol. The summed E-state index contributed by atoms with van der Waals surface area (Å²) < 4.78 is 13.3. The Hall–Kier alpha value is -1.58. The van der Waals surface area contributed by atoms with Crippen molar-refractivity contribution in [1.29, 1.82) is 0 Å². The highest BCUT2D eigenvalue weighted by molar-refractivity contribution is 5.94. The van der Waals surface area contributed by atoms with E-state index in [2.05, 4.69) is 5.32 Å². The number of nitrogens with one attached hydrogen (secondary N) is 1. The molecular weight excluding hydrogens is 209 g/mol. The van der Waals surface area contributed by atoms with Crippen LogP contribution in [0, 0.1) is 5.82 Å². The van der Waals surface area contributed by atoms with Crippen molar-refractivity contribution in [3.63, 3.8) is 0 Å². The Morgan fingerprint density at radius 2 is 2.06 bits per heavy atom. The highest BCUT2D eigenvalue weighted by Crippen LogP contribution is 2.15. The van der Waals surface area contributed by atoms with E-state index in [1.807, 2.05) is 13.8 Å². The van der Waals surface area contributed by atoms with Gasteiger partial charge in [0.25, 0.3) is 5.91 Å². The molecule has 0 aliphatic carbocycles. The van der Waals surface area contributed by atoms with Crippen LogP contribution in [0.1, 0.15) is 37.0 Å². The Bertz CT molecular complexity index is 375. The van der Waals surface area contributed by atoms with E-state index >= 15 is 0 Å². The lowest BCUT2D eigenvalue weighted by atomic mass is 10.1. The summed E-state index contributed by atoms with van der Waals surface area (Å²) in [7, 11) is 0. The van der Waals surface area contributed by atoms with Gasteiger partial charge in [-0.15, -0.1) is 0 Å². The van der Waals surface area contributed by atoms with Crippen molar-refractivity contribution >= 4 is 5.91 Å². The molecule has 1 aromatic rings. The average Bonchev–Trinajstić information content (AvgIpc) is 2.25. The lowest BCUT2D eigenvalue weighted by molar-refractivity contribution is 0.0931. The van der Waals surface area contributed by atoms with Gasteiger partial charge in [0.05, 0.1) is 5.56 Å². The summed E-state index contributed by atoms with van der Waals surface area (Å²) in [5.41, 5.74) is -0.0373. The van der Waals surface area contributed by atoms with Crippen LogP contribution in [-0.4, -0.2) is 17.1 Å². The number of phenolic OH excluding ortho intramolecular Hbond substituents is 1. The first kappa shape index (κ1) is 12.5. The summed E-state index contributed by atoms with van der Waals surface area (Å²) in [6.07, 6.45) is 1.61. The Morgan fingerprint density at radius 1 is 1.44 bits per heavy atom. The van der Waals surface area contributed by atoms with Crippen molar-refractivity contribution in [2.45, 2.75) is 32.7 Å². The van der Waals surface area contributed by atoms with Crippen molar-refractivity contribution in [1.82, 2.24) is 5.32 Å². The van der Waals surface area contributed by atoms with Crippen LogP contribution in [0.3, 0.4) is 0 Å². The lowest BCUT2D eigenvalue weighted by Gasteiger charge is -2.14. The maximum atomic E-state index is 13.3. The third-order valence-electron chi connectivity index (χ3n) is 2.52. The van der Waals surface area contributed by atoms with E-state index in [9.17, 15) is 9.18 Å². The first-order valence-corrected chi connectivity index (χ1v) is 5.37. The number of amides is 1. The van der Waals surface area contributed by atoms with E-state index in [1.54, 1.807) is 0 Å². The van der Waals surface area contributed by atoms with Crippen LogP contribution in [0.5, 0.6) is 5.75 Å². The normalized spacial score (nSPS) is 10.5. The van der Waals surface area contributed by atoms with Crippen LogP contribution < -0.4 is 5.32 Å². The number of phenols is 1. The van der Waals surface area contributed by atoms with Gasteiger partial charge in [-0.1, -0.05) is 13.8 Å². The molecule has 0 unspecified atom stereocenters. The third kappa shape index (κ3) is 2.95. The van der Waals surface area contributed by atoms with Gasteiger partial charge in [0.2, 0.25) is 0 Å². The number of carbonyl (C=O) groups excluding carboxylic acids is 1. The number of halogens is 1. The molecule has 88 valence electrons. The highest BCUT2D eigenvalue weighted by Gasteiger charge is 2.14. The van der Waals surface area contributed by atoms with Gasteiger partial charge < -0.3 is 10.4 Å². The van der Waals surface area contributed by atoms with E-state index in [0.29, 0.717) is 0 Å². The van der Waals surface area contributed by atoms with Crippen molar-refractivity contribution in [2.24, 2.45) is 0 Å². The maximum Gasteiger partial charge on any atom is 0.254 e. The molecule has 1 aromatic carbocycles. The van der Waals surface area contributed by atoms with E-state index < -0.39 is 11.7 Å². The van der Waals surface area contributed by atoms with Gasteiger partial charge >= 0.3 is 0 Å². The van der Waals surface area contributed by atoms with E-state index in [4.69, 9.17) is 5.11 Å². The molecule has 0 aliphatic heterocycles. The minimum Gasteiger partial charge on any atom is -0.508 e. The molecule has 0 aliphatic rings. The summed E-state index contributed by atoms with van der Waals surface area (Å²) in [6, 6.07) is 3.57. The average molecular weight is 225 g/mol. The molecule has 0 radical (unpaired) electrons. The molecule has 0 bridgehead atoms. The van der Waals surface area contributed by atoms with Crippen LogP contribution in [0.4, 0.5) is 4.39 Å². The standard InChI is InChI=1S/C12H16FNO2/c1-3-8(4-2)14-12(16)10-6-5-9(15)7-11(10)13/h5-8,15H,3-4H2,1-2H3,(H,14,16). The van der Waals surface area contributed by atoms with Gasteiger partial charge in [0.15, 0.2) is 0 Å². The number of aromatic hydroxyl groups is 1. The Balaban J connectivity index is 2.80. The largest absolute Gasteiger partial charge is 0.508 e. The zero-order valence-corrected chi connectivity index (χ0v) is 9.46. The topological polar surface area (TPSA) is 49.3 Å². The summed E-state index contributed by atoms with van der Waals surface area (Å²) in [5, 5.41) is 11.8. The third-order valence-corrected chi connectivity index (χ3v) is 2.52. The molecule has 1 rings (SSSR count). The Kier molecular flexibility index (Phi) is 4.28. The van der Waals surface area contributed by atoms with Crippen molar-refractivity contribution in [3.8, 4) is 5.75 Å². The number of carbonyl (C=O) groups is 1. The Morgan fingerprint density at radius 3 is 2.56 bits per heavy atom. The number of benzene rings is 1. The second kappa shape index (κ2) is 5.49. The minimum absolute atomic E-state index is 0.0373. The molecule has 4 heteroatoms. The Labute approximate surface area is 94.3 Å². The fourth-order valence-electron chi connectivity index (χ4n) is 1.44. The quantitative estimate of drug-likeness (QED) is 0.826. The molecule has 16 heavy (non-hydrogen) atoms. The van der Waals surface area contributed by atoms with Crippen molar-refractivity contribution in [3.05, 3.63) is 29.6 Å². The monoisotopic (exact) mass is 225 g/mol. The van der Waals surface area contributed by atoms with Crippen molar-refractivity contribution < 1.29 is 14.3 Å². The van der Waals surface area contributed by atoms with Crippen LogP contribution >= 0.6 is 0 Å². The van der Waals surface area contributed by atoms with Crippen LogP contribution in [0.2, 0.25) is 0 Å². The number of rotatable bonds is 4. The van der Waals surface area contributed by atoms with E-state index in [-0.39, 0.29) is 17.4 Å². The second-order valence-corrected chi connectivity index (χ2v) is 3.65. The molecule has 0 fully saturated rings. The molecule has 0 aromatic heterocycles. The fraction of sp³-hybridized carbons (Fsp3) is 0.417. The first-order chi connectivity index (χ1) is 7.58. The van der Waals surface area contributed by atoms with Crippen LogP contribution in [0.25, 0.3) is 0 Å². The zero-order chi connectivity index (χ0) is 12.1. The summed E-state index contributed by atoms with van der Waals surface area (Å²) in [6.45, 7) is 3.92. The minimum atomic E-state index is -0.705. The van der Waals surface area contributed by atoms with Crippen LogP contribution in [0.15, 0.2) is 18.2 Å². The van der Waals surface area contributed by atoms with Gasteiger partial charge in [-0.25, -0.2) is 4.39 Å². The maximum absolute atomic E-state index is 13.3. The molecular formula is C12H16FNO2.